The van der Waals surface area contributed by atoms with Crippen LogP contribution in [0.25, 0.3) is 0 Å². The van der Waals surface area contributed by atoms with Crippen LogP contribution in [0.5, 0.6) is 0 Å². The van der Waals surface area contributed by atoms with Crippen LogP contribution in [0.4, 0.5) is 5.69 Å². The van der Waals surface area contributed by atoms with E-state index in [4.69, 9.17) is 5.73 Å². The Bertz CT molecular complexity index is 903. The van der Waals surface area contributed by atoms with Crippen molar-refractivity contribution in [3.05, 3.63) is 29.3 Å². The van der Waals surface area contributed by atoms with Crippen molar-refractivity contribution < 1.29 is 24.3 Å². The number of imide groups is 1. The second kappa shape index (κ2) is 7.71. The highest BCUT2D eigenvalue weighted by molar-refractivity contribution is 6.24. The van der Waals surface area contributed by atoms with Crippen LogP contribution in [0.15, 0.2) is 18.2 Å². The minimum Gasteiger partial charge on any atom is -0.480 e. The monoisotopic (exact) mass is 414 g/mol. The predicted molar refractivity (Wildman–Crippen MR) is 108 cm³/mol. The lowest BCUT2D eigenvalue weighted by molar-refractivity contribution is -0.141. The zero-order valence-electron chi connectivity index (χ0n) is 16.6. The molecular formula is C21H26N4O5. The second-order valence-corrected chi connectivity index (χ2v) is 8.66. The molecule has 2 fully saturated rings. The van der Waals surface area contributed by atoms with Crippen molar-refractivity contribution >= 4 is 29.4 Å². The van der Waals surface area contributed by atoms with Crippen LogP contribution in [-0.4, -0.2) is 59.4 Å². The van der Waals surface area contributed by atoms with Gasteiger partial charge in [0.05, 0.1) is 11.1 Å². The van der Waals surface area contributed by atoms with Gasteiger partial charge >= 0.3 is 5.97 Å². The van der Waals surface area contributed by atoms with Gasteiger partial charge in [0.25, 0.3) is 11.8 Å². The predicted octanol–water partition coefficient (Wildman–Crippen LogP) is 0.803. The Kier molecular flexibility index (Phi) is 5.23. The lowest BCUT2D eigenvalue weighted by Gasteiger charge is -2.54. The molecule has 1 atom stereocenters. The lowest BCUT2D eigenvalue weighted by Crippen LogP contribution is -2.60. The molecule has 9 heteroatoms. The third kappa shape index (κ3) is 3.54. The van der Waals surface area contributed by atoms with E-state index in [9.17, 15) is 24.3 Å². The molecule has 0 bridgehead atoms. The van der Waals surface area contributed by atoms with E-state index in [1.165, 1.54) is 18.9 Å². The fourth-order valence-corrected chi connectivity index (χ4v) is 4.92. The Morgan fingerprint density at radius 1 is 1.27 bits per heavy atom. The first-order valence-corrected chi connectivity index (χ1v) is 10.3. The molecule has 0 radical (unpaired) electrons. The Morgan fingerprint density at radius 2 is 2.00 bits per heavy atom. The number of carboxylic acids is 1. The van der Waals surface area contributed by atoms with Crippen molar-refractivity contribution in [3.63, 3.8) is 0 Å². The minimum absolute atomic E-state index is 0.179. The van der Waals surface area contributed by atoms with Gasteiger partial charge in [0, 0.05) is 31.7 Å². The van der Waals surface area contributed by atoms with Crippen LogP contribution in [0, 0.1) is 11.3 Å². The molecule has 0 aromatic heterocycles. The molecule has 1 saturated heterocycles. The van der Waals surface area contributed by atoms with Crippen LogP contribution in [0.2, 0.25) is 0 Å². The normalized spacial score (nSPS) is 20.5. The van der Waals surface area contributed by atoms with Gasteiger partial charge < -0.3 is 21.5 Å². The molecule has 9 nitrogen and oxygen atoms in total. The average molecular weight is 414 g/mol. The molecule has 5 N–H and O–H groups in total. The SMILES string of the molecule is NC(=O)CCC(C(=O)O)N1C(=O)c2cccc(NCCC3CC4(CNC4)C3)c2C1=O. The second-order valence-electron chi connectivity index (χ2n) is 8.66. The molecule has 1 aromatic rings. The summed E-state index contributed by atoms with van der Waals surface area (Å²) < 4.78 is 0. The molecule has 1 unspecified atom stereocenters. The van der Waals surface area contributed by atoms with Crippen LogP contribution < -0.4 is 16.4 Å². The Balaban J connectivity index is 1.44. The summed E-state index contributed by atoms with van der Waals surface area (Å²) in [7, 11) is 0. The van der Waals surface area contributed by atoms with Gasteiger partial charge in [-0.1, -0.05) is 6.07 Å². The molecule has 2 aliphatic heterocycles. The number of aliphatic carboxylic acids is 1. The first-order chi connectivity index (χ1) is 14.3. The maximum atomic E-state index is 13.0. The minimum atomic E-state index is -1.43. The Labute approximate surface area is 174 Å². The summed E-state index contributed by atoms with van der Waals surface area (Å²) in [6, 6.07) is 3.49. The first-order valence-electron chi connectivity index (χ1n) is 10.3. The molecule has 1 aliphatic carbocycles. The summed E-state index contributed by atoms with van der Waals surface area (Å²) >= 11 is 0. The molecule has 1 spiro atoms. The summed E-state index contributed by atoms with van der Waals surface area (Å²) in [4.78, 5) is 49.3. The summed E-state index contributed by atoms with van der Waals surface area (Å²) in [6.07, 6.45) is 2.98. The third-order valence-electron chi connectivity index (χ3n) is 6.52. The highest BCUT2D eigenvalue weighted by Crippen LogP contribution is 2.49. The number of anilines is 1. The molecule has 1 aromatic carbocycles. The van der Waals surface area contributed by atoms with Crippen LogP contribution in [0.1, 0.15) is 52.8 Å². The average Bonchev–Trinajstić information content (AvgIpc) is 2.87. The van der Waals surface area contributed by atoms with E-state index in [1.807, 2.05) is 0 Å². The van der Waals surface area contributed by atoms with E-state index >= 15 is 0 Å². The number of carbonyl (C=O) groups is 4. The van der Waals surface area contributed by atoms with Crippen molar-refractivity contribution in [2.45, 2.75) is 38.1 Å². The summed E-state index contributed by atoms with van der Waals surface area (Å²) in [5.74, 6) is -2.68. The number of primary amides is 1. The molecular weight excluding hydrogens is 388 g/mol. The number of carboxylic acid groups (broad SMARTS) is 1. The highest BCUT2D eigenvalue weighted by Gasteiger charge is 2.48. The molecule has 3 aliphatic rings. The lowest BCUT2D eigenvalue weighted by atomic mass is 9.58. The van der Waals surface area contributed by atoms with Gasteiger partial charge in [-0.3, -0.25) is 19.3 Å². The number of carbonyl (C=O) groups excluding carboxylic acids is 3. The Hall–Kier alpha value is -2.94. The zero-order valence-corrected chi connectivity index (χ0v) is 16.6. The van der Waals surface area contributed by atoms with Gasteiger partial charge in [-0.15, -0.1) is 0 Å². The summed E-state index contributed by atoms with van der Waals surface area (Å²) in [5, 5.41) is 16.1. The van der Waals surface area contributed by atoms with E-state index in [-0.39, 0.29) is 24.0 Å². The molecule has 4 rings (SSSR count). The quantitative estimate of drug-likeness (QED) is 0.438. The van der Waals surface area contributed by atoms with E-state index < -0.39 is 29.7 Å². The number of rotatable bonds is 9. The zero-order chi connectivity index (χ0) is 21.5. The fraction of sp³-hybridized carbons (Fsp3) is 0.524. The van der Waals surface area contributed by atoms with Gasteiger partial charge in [0.1, 0.15) is 6.04 Å². The van der Waals surface area contributed by atoms with E-state index in [1.54, 1.807) is 12.1 Å². The molecule has 3 amide bonds. The molecule has 30 heavy (non-hydrogen) atoms. The smallest absolute Gasteiger partial charge is 0.326 e. The third-order valence-corrected chi connectivity index (χ3v) is 6.52. The summed E-state index contributed by atoms with van der Waals surface area (Å²) in [6.45, 7) is 2.89. The number of fused-ring (bicyclic) bond motifs is 1. The highest BCUT2D eigenvalue weighted by atomic mass is 16.4. The van der Waals surface area contributed by atoms with Crippen molar-refractivity contribution in [1.82, 2.24) is 10.2 Å². The van der Waals surface area contributed by atoms with Gasteiger partial charge in [-0.25, -0.2) is 4.79 Å². The van der Waals surface area contributed by atoms with Crippen LogP contribution in [0.3, 0.4) is 0 Å². The number of hydrogen-bond donors (Lipinski definition) is 4. The maximum absolute atomic E-state index is 13.0. The van der Waals surface area contributed by atoms with Crippen molar-refractivity contribution in [1.29, 1.82) is 0 Å². The maximum Gasteiger partial charge on any atom is 0.326 e. The number of nitrogens with one attached hydrogen (secondary N) is 2. The van der Waals surface area contributed by atoms with Gasteiger partial charge in [-0.05, 0) is 49.1 Å². The number of amides is 3. The van der Waals surface area contributed by atoms with Gasteiger partial charge in [0.2, 0.25) is 5.91 Å². The largest absolute Gasteiger partial charge is 0.480 e. The first kappa shape index (κ1) is 20.3. The van der Waals surface area contributed by atoms with Crippen molar-refractivity contribution in [2.75, 3.05) is 25.0 Å². The number of hydrogen-bond acceptors (Lipinski definition) is 6. The van der Waals surface area contributed by atoms with E-state index in [2.05, 4.69) is 10.6 Å². The van der Waals surface area contributed by atoms with Gasteiger partial charge in [-0.2, -0.15) is 0 Å². The Morgan fingerprint density at radius 3 is 2.60 bits per heavy atom. The van der Waals surface area contributed by atoms with Crippen LogP contribution in [-0.2, 0) is 9.59 Å². The topological polar surface area (TPSA) is 142 Å². The van der Waals surface area contributed by atoms with Crippen LogP contribution >= 0.6 is 0 Å². The number of benzene rings is 1. The van der Waals surface area contributed by atoms with Gasteiger partial charge in [0.15, 0.2) is 0 Å². The fourth-order valence-electron chi connectivity index (χ4n) is 4.92. The number of nitrogens with zero attached hydrogens (tertiary/aromatic N) is 1. The van der Waals surface area contributed by atoms with Crippen molar-refractivity contribution in [2.24, 2.45) is 17.1 Å². The molecule has 1 saturated carbocycles. The number of nitrogens with two attached hydrogens (primary N) is 1. The molecule has 2 heterocycles. The summed E-state index contributed by atoms with van der Waals surface area (Å²) in [5.41, 5.74) is 6.53. The standard InChI is InChI=1S/C21H26N4O5/c22-16(26)5-4-15(20(29)30)25-18(27)13-2-1-3-14(17(13)19(25)28)24-7-6-12-8-21(9-12)10-23-11-21/h1-3,12,15,23-24H,4-11H2,(H2,22,26)(H,29,30). The van der Waals surface area contributed by atoms with Crippen molar-refractivity contribution in [3.8, 4) is 0 Å². The van der Waals surface area contributed by atoms with E-state index in [0.717, 1.165) is 24.4 Å². The molecule has 160 valence electrons. The van der Waals surface area contributed by atoms with E-state index in [0.29, 0.717) is 23.6 Å².